The fourth-order valence-electron chi connectivity index (χ4n) is 2.10. The summed E-state index contributed by atoms with van der Waals surface area (Å²) in [6, 6.07) is 18.3. The lowest BCUT2D eigenvalue weighted by atomic mass is 10.1. The zero-order valence-electron chi connectivity index (χ0n) is 12.6. The van der Waals surface area contributed by atoms with Gasteiger partial charge in [-0.25, -0.2) is 0 Å². The van der Waals surface area contributed by atoms with E-state index in [4.69, 9.17) is 4.74 Å². The standard InChI is InChI=1S/C19H21NO2/c1-2-19(21)20-13-6-7-14-22-18-12-8-11-17(15-18)16-9-4-3-5-10-16/h2-5,8-12,15H,1,6-7,13-14H2,(H,20,21). The van der Waals surface area contributed by atoms with E-state index >= 15 is 0 Å². The quantitative estimate of drug-likeness (QED) is 0.594. The molecule has 0 heterocycles. The highest BCUT2D eigenvalue weighted by Gasteiger charge is 2.00. The number of carbonyl (C=O) groups is 1. The number of unbranched alkanes of at least 4 members (excludes halogenated alkanes) is 1. The molecule has 0 aliphatic rings. The van der Waals surface area contributed by atoms with Crippen molar-refractivity contribution in [2.24, 2.45) is 0 Å². The predicted octanol–water partition coefficient (Wildman–Crippen LogP) is 3.81. The van der Waals surface area contributed by atoms with E-state index in [1.807, 2.05) is 30.3 Å². The van der Waals surface area contributed by atoms with Gasteiger partial charge in [-0.2, -0.15) is 0 Å². The van der Waals surface area contributed by atoms with Gasteiger partial charge in [-0.15, -0.1) is 0 Å². The number of carbonyl (C=O) groups excluding carboxylic acids is 1. The van der Waals surface area contributed by atoms with Crippen molar-refractivity contribution in [1.29, 1.82) is 0 Å². The first-order valence-electron chi connectivity index (χ1n) is 7.48. The maximum Gasteiger partial charge on any atom is 0.243 e. The molecule has 0 radical (unpaired) electrons. The van der Waals surface area contributed by atoms with Crippen molar-refractivity contribution in [1.82, 2.24) is 5.32 Å². The summed E-state index contributed by atoms with van der Waals surface area (Å²) >= 11 is 0. The molecule has 1 amide bonds. The Morgan fingerprint density at radius 3 is 2.59 bits per heavy atom. The second-order valence-electron chi connectivity index (χ2n) is 4.94. The number of ether oxygens (including phenoxy) is 1. The number of rotatable bonds is 8. The van der Waals surface area contributed by atoms with Gasteiger partial charge in [-0.1, -0.05) is 49.0 Å². The maximum absolute atomic E-state index is 11.0. The van der Waals surface area contributed by atoms with E-state index in [2.05, 4.69) is 36.2 Å². The summed E-state index contributed by atoms with van der Waals surface area (Å²) < 4.78 is 5.77. The SMILES string of the molecule is C=CC(=O)NCCCCOc1cccc(-c2ccccc2)c1. The van der Waals surface area contributed by atoms with Gasteiger partial charge in [0.1, 0.15) is 5.75 Å². The Morgan fingerprint density at radius 1 is 1.05 bits per heavy atom. The molecule has 22 heavy (non-hydrogen) atoms. The summed E-state index contributed by atoms with van der Waals surface area (Å²) in [5.41, 5.74) is 2.33. The summed E-state index contributed by atoms with van der Waals surface area (Å²) in [6.45, 7) is 4.70. The van der Waals surface area contributed by atoms with Crippen LogP contribution in [0.1, 0.15) is 12.8 Å². The molecule has 3 nitrogen and oxygen atoms in total. The van der Waals surface area contributed by atoms with Crippen molar-refractivity contribution in [3.8, 4) is 16.9 Å². The molecule has 0 unspecified atom stereocenters. The number of hydrogen-bond donors (Lipinski definition) is 1. The monoisotopic (exact) mass is 295 g/mol. The molecule has 114 valence electrons. The van der Waals surface area contributed by atoms with E-state index in [-0.39, 0.29) is 5.91 Å². The molecule has 0 saturated carbocycles. The fraction of sp³-hybridized carbons (Fsp3) is 0.211. The number of benzene rings is 2. The van der Waals surface area contributed by atoms with Gasteiger partial charge in [0.2, 0.25) is 5.91 Å². The van der Waals surface area contributed by atoms with Gasteiger partial charge >= 0.3 is 0 Å². The van der Waals surface area contributed by atoms with Gasteiger partial charge in [0, 0.05) is 6.54 Å². The minimum atomic E-state index is -0.128. The molecule has 2 rings (SSSR count). The molecule has 2 aromatic rings. The van der Waals surface area contributed by atoms with Crippen molar-refractivity contribution in [3.05, 3.63) is 67.3 Å². The first kappa shape index (κ1) is 15.8. The van der Waals surface area contributed by atoms with Crippen molar-refractivity contribution in [3.63, 3.8) is 0 Å². The molecule has 0 aromatic heterocycles. The van der Waals surface area contributed by atoms with Crippen LogP contribution in [-0.4, -0.2) is 19.1 Å². The van der Waals surface area contributed by atoms with E-state index in [9.17, 15) is 4.79 Å². The summed E-state index contributed by atoms with van der Waals surface area (Å²) in [5, 5.41) is 2.75. The number of amides is 1. The third kappa shape index (κ3) is 5.09. The topological polar surface area (TPSA) is 38.3 Å². The van der Waals surface area contributed by atoms with Gasteiger partial charge in [-0.05, 0) is 42.2 Å². The van der Waals surface area contributed by atoms with Gasteiger partial charge in [0.15, 0.2) is 0 Å². The lowest BCUT2D eigenvalue weighted by Gasteiger charge is -2.08. The van der Waals surface area contributed by atoms with Crippen LogP contribution in [0, 0.1) is 0 Å². The van der Waals surface area contributed by atoms with E-state index < -0.39 is 0 Å². The zero-order valence-corrected chi connectivity index (χ0v) is 12.6. The van der Waals surface area contributed by atoms with Gasteiger partial charge in [0.05, 0.1) is 6.61 Å². The van der Waals surface area contributed by atoms with Crippen molar-refractivity contribution in [2.75, 3.05) is 13.2 Å². The largest absolute Gasteiger partial charge is 0.494 e. The van der Waals surface area contributed by atoms with Gasteiger partial charge < -0.3 is 10.1 Å². The molecule has 3 heteroatoms. The van der Waals surface area contributed by atoms with E-state index in [1.54, 1.807) is 0 Å². The Morgan fingerprint density at radius 2 is 1.82 bits per heavy atom. The second-order valence-corrected chi connectivity index (χ2v) is 4.94. The van der Waals surface area contributed by atoms with Crippen LogP contribution < -0.4 is 10.1 Å². The van der Waals surface area contributed by atoms with Crippen LogP contribution >= 0.6 is 0 Å². The van der Waals surface area contributed by atoms with Crippen LogP contribution in [0.25, 0.3) is 11.1 Å². The predicted molar refractivity (Wildman–Crippen MR) is 89.8 cm³/mol. The lowest BCUT2D eigenvalue weighted by molar-refractivity contribution is -0.116. The molecule has 0 aliphatic heterocycles. The molecule has 0 fully saturated rings. The van der Waals surface area contributed by atoms with Crippen molar-refractivity contribution < 1.29 is 9.53 Å². The third-order valence-corrected chi connectivity index (χ3v) is 3.27. The smallest absolute Gasteiger partial charge is 0.243 e. The normalized spacial score (nSPS) is 10.0. The van der Waals surface area contributed by atoms with Crippen LogP contribution in [0.5, 0.6) is 5.75 Å². The molecule has 1 N–H and O–H groups in total. The van der Waals surface area contributed by atoms with E-state index in [0.717, 1.165) is 24.2 Å². The van der Waals surface area contributed by atoms with Gasteiger partial charge in [-0.3, -0.25) is 4.79 Å². The summed E-state index contributed by atoms with van der Waals surface area (Å²) in [4.78, 5) is 11.0. The average Bonchev–Trinajstić information content (AvgIpc) is 2.58. The molecular formula is C19H21NO2. The fourth-order valence-corrected chi connectivity index (χ4v) is 2.10. The Balaban J connectivity index is 1.77. The Labute approximate surface area is 131 Å². The summed E-state index contributed by atoms with van der Waals surface area (Å²) in [5.74, 6) is 0.743. The molecule has 0 atom stereocenters. The number of nitrogens with one attached hydrogen (secondary N) is 1. The second kappa shape index (κ2) is 8.67. The highest BCUT2D eigenvalue weighted by Crippen LogP contribution is 2.23. The highest BCUT2D eigenvalue weighted by molar-refractivity contribution is 5.86. The first-order valence-corrected chi connectivity index (χ1v) is 7.48. The minimum Gasteiger partial charge on any atom is -0.494 e. The van der Waals surface area contributed by atoms with Crippen LogP contribution in [0.15, 0.2) is 67.3 Å². The first-order chi connectivity index (χ1) is 10.8. The zero-order chi connectivity index (χ0) is 15.6. The average molecular weight is 295 g/mol. The Bertz CT molecular complexity index is 608. The summed E-state index contributed by atoms with van der Waals surface area (Å²) in [6.07, 6.45) is 3.07. The van der Waals surface area contributed by atoms with E-state index in [1.165, 1.54) is 11.6 Å². The molecular weight excluding hydrogens is 274 g/mol. The summed E-state index contributed by atoms with van der Waals surface area (Å²) in [7, 11) is 0. The third-order valence-electron chi connectivity index (χ3n) is 3.27. The van der Waals surface area contributed by atoms with Crippen LogP contribution in [0.4, 0.5) is 0 Å². The number of hydrogen-bond acceptors (Lipinski definition) is 2. The minimum absolute atomic E-state index is 0.128. The maximum atomic E-state index is 11.0. The lowest BCUT2D eigenvalue weighted by Crippen LogP contribution is -2.22. The molecule has 0 spiro atoms. The molecule has 0 bridgehead atoms. The highest BCUT2D eigenvalue weighted by atomic mass is 16.5. The van der Waals surface area contributed by atoms with Crippen molar-refractivity contribution >= 4 is 5.91 Å². The van der Waals surface area contributed by atoms with Crippen LogP contribution in [0.3, 0.4) is 0 Å². The molecule has 0 aliphatic carbocycles. The Kier molecular flexibility index (Phi) is 6.24. The van der Waals surface area contributed by atoms with Crippen LogP contribution in [-0.2, 0) is 4.79 Å². The van der Waals surface area contributed by atoms with E-state index in [0.29, 0.717) is 13.2 Å². The molecule has 0 saturated heterocycles. The van der Waals surface area contributed by atoms with Gasteiger partial charge in [0.25, 0.3) is 0 Å². The van der Waals surface area contributed by atoms with Crippen LogP contribution in [0.2, 0.25) is 0 Å². The Hall–Kier alpha value is -2.55. The molecule has 2 aromatic carbocycles. The van der Waals surface area contributed by atoms with Crippen molar-refractivity contribution in [2.45, 2.75) is 12.8 Å².